The van der Waals surface area contributed by atoms with Crippen molar-refractivity contribution in [2.45, 2.75) is 6.92 Å². The Morgan fingerprint density at radius 3 is 2.18 bits per heavy atom. The number of rotatable bonds is 3. The molecule has 0 radical (unpaired) electrons. The fraction of sp³-hybridized carbons (Fsp3) is 0.250. The average Bonchev–Trinajstić information content (AvgIpc) is 2.34. The number of aryl methyl sites for hydroxylation is 1. The lowest BCUT2D eigenvalue weighted by Crippen LogP contribution is -2.26. The molecule has 17 heavy (non-hydrogen) atoms. The highest BCUT2D eigenvalue weighted by molar-refractivity contribution is 6.62. The zero-order valence-corrected chi connectivity index (χ0v) is 9.89. The molecule has 5 heteroatoms. The van der Waals surface area contributed by atoms with Crippen LogP contribution in [0.5, 0.6) is 0 Å². The van der Waals surface area contributed by atoms with Crippen LogP contribution < -0.4 is 0 Å². The van der Waals surface area contributed by atoms with Crippen LogP contribution in [0.25, 0.3) is 0 Å². The SMILES string of the molecule is COC(=O)C(=Nc1cccc(C)c1)C(=O)OC. The van der Waals surface area contributed by atoms with E-state index < -0.39 is 11.9 Å². The summed E-state index contributed by atoms with van der Waals surface area (Å²) in [6, 6.07) is 7.08. The van der Waals surface area contributed by atoms with Crippen LogP contribution in [0.3, 0.4) is 0 Å². The first kappa shape index (κ1) is 12.9. The van der Waals surface area contributed by atoms with Crippen molar-refractivity contribution in [3.8, 4) is 0 Å². The summed E-state index contributed by atoms with van der Waals surface area (Å²) in [7, 11) is 2.36. The summed E-state index contributed by atoms with van der Waals surface area (Å²) < 4.78 is 8.93. The Kier molecular flexibility index (Phi) is 4.39. The molecule has 0 unspecified atom stereocenters. The van der Waals surface area contributed by atoms with Crippen molar-refractivity contribution in [2.75, 3.05) is 14.2 Å². The van der Waals surface area contributed by atoms with Gasteiger partial charge in [0.2, 0.25) is 5.71 Å². The second-order valence-electron chi connectivity index (χ2n) is 3.28. The summed E-state index contributed by atoms with van der Waals surface area (Å²) >= 11 is 0. The molecule has 0 fully saturated rings. The van der Waals surface area contributed by atoms with E-state index in [0.29, 0.717) is 5.69 Å². The molecular weight excluding hydrogens is 222 g/mol. The van der Waals surface area contributed by atoms with Crippen molar-refractivity contribution in [1.29, 1.82) is 0 Å². The highest BCUT2D eigenvalue weighted by atomic mass is 16.5. The lowest BCUT2D eigenvalue weighted by atomic mass is 10.2. The van der Waals surface area contributed by atoms with Crippen LogP contribution >= 0.6 is 0 Å². The van der Waals surface area contributed by atoms with E-state index in [4.69, 9.17) is 0 Å². The number of hydrogen-bond acceptors (Lipinski definition) is 5. The first-order valence-corrected chi connectivity index (χ1v) is 4.90. The molecule has 0 bridgehead atoms. The predicted octanol–water partition coefficient (Wildman–Crippen LogP) is 1.41. The Labute approximate surface area is 99.1 Å². The Bertz CT molecular complexity index is 447. The van der Waals surface area contributed by atoms with E-state index in [2.05, 4.69) is 14.5 Å². The summed E-state index contributed by atoms with van der Waals surface area (Å²) in [4.78, 5) is 26.6. The zero-order valence-electron chi connectivity index (χ0n) is 9.89. The van der Waals surface area contributed by atoms with E-state index >= 15 is 0 Å². The van der Waals surface area contributed by atoms with Gasteiger partial charge in [0.25, 0.3) is 0 Å². The van der Waals surface area contributed by atoms with Gasteiger partial charge in [0, 0.05) is 0 Å². The first-order valence-electron chi connectivity index (χ1n) is 4.90. The molecule has 0 saturated heterocycles. The van der Waals surface area contributed by atoms with Crippen LogP contribution in [0.4, 0.5) is 5.69 Å². The first-order chi connectivity index (χ1) is 8.08. The molecule has 5 nitrogen and oxygen atoms in total. The van der Waals surface area contributed by atoms with Crippen molar-refractivity contribution < 1.29 is 19.1 Å². The molecular formula is C12H13NO4. The van der Waals surface area contributed by atoms with Crippen LogP contribution in [0.2, 0.25) is 0 Å². The van der Waals surface area contributed by atoms with Gasteiger partial charge in [0.1, 0.15) is 0 Å². The quantitative estimate of drug-likeness (QED) is 0.451. The van der Waals surface area contributed by atoms with Crippen LogP contribution in [-0.2, 0) is 19.1 Å². The van der Waals surface area contributed by atoms with Gasteiger partial charge in [-0.1, -0.05) is 12.1 Å². The van der Waals surface area contributed by atoms with Gasteiger partial charge in [0.05, 0.1) is 19.9 Å². The second kappa shape index (κ2) is 5.79. The summed E-state index contributed by atoms with van der Waals surface area (Å²) in [5.41, 5.74) is 1.09. The van der Waals surface area contributed by atoms with Crippen molar-refractivity contribution in [3.63, 3.8) is 0 Å². The minimum absolute atomic E-state index is 0.374. The Morgan fingerprint density at radius 2 is 1.71 bits per heavy atom. The monoisotopic (exact) mass is 235 g/mol. The number of esters is 2. The van der Waals surface area contributed by atoms with E-state index in [1.54, 1.807) is 18.2 Å². The molecule has 0 aliphatic carbocycles. The van der Waals surface area contributed by atoms with Crippen molar-refractivity contribution in [2.24, 2.45) is 4.99 Å². The standard InChI is InChI=1S/C12H13NO4/c1-8-5-4-6-9(7-8)13-10(11(14)16-2)12(15)17-3/h4-7H,1-3H3. The Hall–Kier alpha value is -2.17. The molecule has 1 aromatic carbocycles. The molecule has 0 atom stereocenters. The maximum absolute atomic E-state index is 11.3. The molecule has 0 N–H and O–H groups in total. The van der Waals surface area contributed by atoms with E-state index in [9.17, 15) is 9.59 Å². The van der Waals surface area contributed by atoms with Gasteiger partial charge >= 0.3 is 11.9 Å². The zero-order chi connectivity index (χ0) is 12.8. The van der Waals surface area contributed by atoms with Gasteiger partial charge in [0.15, 0.2) is 0 Å². The fourth-order valence-electron chi connectivity index (χ4n) is 1.19. The topological polar surface area (TPSA) is 65.0 Å². The highest BCUT2D eigenvalue weighted by Crippen LogP contribution is 2.14. The second-order valence-corrected chi connectivity index (χ2v) is 3.28. The third kappa shape index (κ3) is 3.41. The number of nitrogens with zero attached hydrogens (tertiary/aromatic N) is 1. The molecule has 0 spiro atoms. The number of ether oxygens (including phenoxy) is 2. The van der Waals surface area contributed by atoms with Gasteiger partial charge in [-0.2, -0.15) is 0 Å². The molecule has 0 aliphatic rings. The maximum Gasteiger partial charge on any atom is 0.364 e. The van der Waals surface area contributed by atoms with Gasteiger partial charge in [-0.3, -0.25) is 0 Å². The molecule has 0 saturated carbocycles. The number of carbonyl (C=O) groups is 2. The summed E-state index contributed by atoms with van der Waals surface area (Å²) in [6.07, 6.45) is 0. The summed E-state index contributed by atoms with van der Waals surface area (Å²) in [6.45, 7) is 1.88. The Morgan fingerprint density at radius 1 is 1.12 bits per heavy atom. The number of carbonyl (C=O) groups excluding carboxylic acids is 2. The van der Waals surface area contributed by atoms with Crippen LogP contribution in [0, 0.1) is 6.92 Å². The van der Waals surface area contributed by atoms with Gasteiger partial charge in [-0.15, -0.1) is 0 Å². The molecule has 0 heterocycles. The van der Waals surface area contributed by atoms with Gasteiger partial charge in [-0.25, -0.2) is 14.6 Å². The highest BCUT2D eigenvalue weighted by Gasteiger charge is 2.22. The molecule has 0 aromatic heterocycles. The molecule has 1 rings (SSSR count). The van der Waals surface area contributed by atoms with Crippen molar-refractivity contribution in [1.82, 2.24) is 0 Å². The smallest absolute Gasteiger partial charge is 0.364 e. The van der Waals surface area contributed by atoms with E-state index in [0.717, 1.165) is 5.56 Å². The summed E-state index contributed by atoms with van der Waals surface area (Å²) in [5.74, 6) is -1.64. The predicted molar refractivity (Wildman–Crippen MR) is 62.3 cm³/mol. The van der Waals surface area contributed by atoms with Gasteiger partial charge < -0.3 is 9.47 Å². The molecule has 90 valence electrons. The lowest BCUT2D eigenvalue weighted by Gasteiger charge is -2.02. The van der Waals surface area contributed by atoms with E-state index in [-0.39, 0.29) is 5.71 Å². The van der Waals surface area contributed by atoms with Crippen LogP contribution in [-0.4, -0.2) is 31.9 Å². The minimum atomic E-state index is -0.821. The fourth-order valence-corrected chi connectivity index (χ4v) is 1.19. The number of methoxy groups -OCH3 is 2. The Balaban J connectivity index is 3.13. The van der Waals surface area contributed by atoms with Crippen molar-refractivity contribution >= 4 is 23.3 Å². The number of benzene rings is 1. The van der Waals surface area contributed by atoms with Crippen LogP contribution in [0.15, 0.2) is 29.3 Å². The minimum Gasteiger partial charge on any atom is -0.464 e. The van der Waals surface area contributed by atoms with Crippen molar-refractivity contribution in [3.05, 3.63) is 29.8 Å². The van der Waals surface area contributed by atoms with Gasteiger partial charge in [-0.05, 0) is 24.6 Å². The molecule has 1 aromatic rings. The normalized spacial score (nSPS) is 9.35. The maximum atomic E-state index is 11.3. The third-order valence-electron chi connectivity index (χ3n) is 2.00. The lowest BCUT2D eigenvalue weighted by molar-refractivity contribution is -0.138. The largest absolute Gasteiger partial charge is 0.464 e. The average molecular weight is 235 g/mol. The van der Waals surface area contributed by atoms with E-state index in [1.165, 1.54) is 14.2 Å². The van der Waals surface area contributed by atoms with E-state index in [1.807, 2.05) is 13.0 Å². The summed E-state index contributed by atoms with van der Waals surface area (Å²) in [5, 5.41) is 0. The van der Waals surface area contributed by atoms with Crippen LogP contribution in [0.1, 0.15) is 5.56 Å². The number of aliphatic imine (C=N–C) groups is 1. The third-order valence-corrected chi connectivity index (χ3v) is 2.00. The molecule has 0 aliphatic heterocycles. The number of hydrogen-bond donors (Lipinski definition) is 0. The molecule has 0 amide bonds.